The van der Waals surface area contributed by atoms with Crippen molar-refractivity contribution in [2.45, 2.75) is 38.3 Å². The summed E-state index contributed by atoms with van der Waals surface area (Å²) in [5.41, 5.74) is 0. The van der Waals surface area contributed by atoms with Crippen molar-refractivity contribution in [1.82, 2.24) is 10.6 Å². The minimum atomic E-state index is -0.171. The van der Waals surface area contributed by atoms with E-state index in [9.17, 15) is 4.79 Å². The van der Waals surface area contributed by atoms with Crippen molar-refractivity contribution in [2.75, 3.05) is 12.3 Å². The maximum atomic E-state index is 11.6. The molecule has 2 aliphatic rings. The van der Waals surface area contributed by atoms with E-state index in [-0.39, 0.29) is 11.9 Å². The van der Waals surface area contributed by atoms with Crippen molar-refractivity contribution in [3.8, 4) is 0 Å². The van der Waals surface area contributed by atoms with E-state index in [2.05, 4.69) is 15.6 Å². The first-order valence-corrected chi connectivity index (χ1v) is 6.48. The lowest BCUT2D eigenvalue weighted by Crippen LogP contribution is -2.45. The van der Waals surface area contributed by atoms with Crippen molar-refractivity contribution in [3.63, 3.8) is 0 Å². The Bertz CT molecular complexity index is 276. The molecule has 2 rings (SSSR count). The third kappa shape index (κ3) is 3.41. The van der Waals surface area contributed by atoms with Gasteiger partial charge in [-0.2, -0.15) is 0 Å². The lowest BCUT2D eigenvalue weighted by Gasteiger charge is -2.18. The molecule has 84 valence electrons. The van der Waals surface area contributed by atoms with E-state index in [0.717, 1.165) is 36.7 Å². The molecule has 1 amide bonds. The predicted octanol–water partition coefficient (Wildman–Crippen LogP) is 0.736. The first-order valence-electron chi connectivity index (χ1n) is 5.50. The second-order valence-electron chi connectivity index (χ2n) is 4.04. The maximum absolute atomic E-state index is 11.6. The fourth-order valence-electron chi connectivity index (χ4n) is 1.35. The van der Waals surface area contributed by atoms with Crippen molar-refractivity contribution >= 4 is 22.8 Å². The summed E-state index contributed by atoms with van der Waals surface area (Å²) < 4.78 is 0. The Morgan fingerprint density at radius 1 is 1.60 bits per heavy atom. The molecule has 1 aliphatic heterocycles. The Labute approximate surface area is 94.3 Å². The summed E-state index contributed by atoms with van der Waals surface area (Å²) in [6.07, 6.45) is 3.40. The molecule has 1 heterocycles. The van der Waals surface area contributed by atoms with Gasteiger partial charge < -0.3 is 10.6 Å². The van der Waals surface area contributed by atoms with E-state index < -0.39 is 0 Å². The number of thioether (sulfide) groups is 1. The van der Waals surface area contributed by atoms with E-state index >= 15 is 0 Å². The van der Waals surface area contributed by atoms with Gasteiger partial charge in [0.25, 0.3) is 0 Å². The first-order chi connectivity index (χ1) is 7.25. The van der Waals surface area contributed by atoms with Crippen LogP contribution in [0.15, 0.2) is 4.99 Å². The van der Waals surface area contributed by atoms with Gasteiger partial charge in [-0.25, -0.2) is 0 Å². The van der Waals surface area contributed by atoms with E-state index in [4.69, 9.17) is 0 Å². The molecule has 2 N–H and O–H groups in total. The number of amidine groups is 1. The summed E-state index contributed by atoms with van der Waals surface area (Å²) in [5, 5.41) is 7.05. The Kier molecular flexibility index (Phi) is 3.51. The monoisotopic (exact) mass is 227 g/mol. The standard InChI is InChI=1S/C10H17N3OS/c1-7(9(14)13-8-3-4-8)12-10-11-5-2-6-15-10/h7-8H,2-6H2,1H3,(H,11,12)(H,13,14). The third-order valence-electron chi connectivity index (χ3n) is 2.45. The summed E-state index contributed by atoms with van der Waals surface area (Å²) in [6.45, 7) is 2.77. The van der Waals surface area contributed by atoms with Crippen molar-refractivity contribution < 1.29 is 4.79 Å². The van der Waals surface area contributed by atoms with Crippen molar-refractivity contribution in [3.05, 3.63) is 0 Å². The first kappa shape index (κ1) is 10.8. The lowest BCUT2D eigenvalue weighted by atomic mass is 10.3. The summed E-state index contributed by atoms with van der Waals surface area (Å²) >= 11 is 1.70. The molecule has 0 aromatic heterocycles. The number of carbonyl (C=O) groups excluding carboxylic acids is 1. The summed E-state index contributed by atoms with van der Waals surface area (Å²) in [4.78, 5) is 16.0. The fourth-order valence-corrected chi connectivity index (χ4v) is 2.26. The third-order valence-corrected chi connectivity index (χ3v) is 3.47. The highest BCUT2D eigenvalue weighted by Gasteiger charge is 2.26. The Morgan fingerprint density at radius 2 is 2.40 bits per heavy atom. The molecule has 0 bridgehead atoms. The van der Waals surface area contributed by atoms with Gasteiger partial charge in [-0.3, -0.25) is 9.79 Å². The van der Waals surface area contributed by atoms with Gasteiger partial charge in [-0.1, -0.05) is 11.8 Å². The van der Waals surface area contributed by atoms with Crippen LogP contribution in [0.3, 0.4) is 0 Å². The average molecular weight is 227 g/mol. The van der Waals surface area contributed by atoms with Crippen LogP contribution in [0.25, 0.3) is 0 Å². The minimum Gasteiger partial charge on any atom is -0.353 e. The molecule has 1 saturated carbocycles. The zero-order chi connectivity index (χ0) is 10.7. The number of rotatable bonds is 3. The van der Waals surface area contributed by atoms with E-state index in [0.29, 0.717) is 6.04 Å². The minimum absolute atomic E-state index is 0.0892. The Balaban J connectivity index is 1.76. The molecule has 0 spiro atoms. The molecule has 0 aromatic carbocycles. The zero-order valence-electron chi connectivity index (χ0n) is 8.95. The number of amides is 1. The van der Waals surface area contributed by atoms with Crippen LogP contribution >= 0.6 is 11.8 Å². The van der Waals surface area contributed by atoms with Gasteiger partial charge in [-0.15, -0.1) is 0 Å². The fraction of sp³-hybridized carbons (Fsp3) is 0.800. The lowest BCUT2D eigenvalue weighted by molar-refractivity contribution is -0.122. The zero-order valence-corrected chi connectivity index (χ0v) is 9.77. The summed E-state index contributed by atoms with van der Waals surface area (Å²) in [6, 6.07) is 0.262. The molecule has 0 radical (unpaired) electrons. The number of hydrogen-bond donors (Lipinski definition) is 2. The van der Waals surface area contributed by atoms with E-state index in [1.807, 2.05) is 6.92 Å². The number of carbonyl (C=O) groups is 1. The second kappa shape index (κ2) is 4.88. The highest BCUT2D eigenvalue weighted by Crippen LogP contribution is 2.18. The van der Waals surface area contributed by atoms with Gasteiger partial charge in [0, 0.05) is 18.3 Å². The number of aliphatic imine (C=N–C) groups is 1. The maximum Gasteiger partial charge on any atom is 0.242 e. The normalized spacial score (nSPS) is 22.9. The van der Waals surface area contributed by atoms with Crippen LogP contribution in [0.2, 0.25) is 0 Å². The van der Waals surface area contributed by atoms with Crippen LogP contribution < -0.4 is 10.6 Å². The van der Waals surface area contributed by atoms with Gasteiger partial charge in [0.15, 0.2) is 5.17 Å². The SMILES string of the molecule is CC(NC1=NCCCS1)C(=O)NC1CC1. The number of nitrogens with zero attached hydrogens (tertiary/aromatic N) is 1. The van der Waals surface area contributed by atoms with Crippen LogP contribution in [0.5, 0.6) is 0 Å². The molecule has 1 fully saturated rings. The van der Waals surface area contributed by atoms with Gasteiger partial charge >= 0.3 is 0 Å². The topological polar surface area (TPSA) is 53.5 Å². The van der Waals surface area contributed by atoms with Gasteiger partial charge in [0.1, 0.15) is 6.04 Å². The number of hydrogen-bond acceptors (Lipinski definition) is 4. The van der Waals surface area contributed by atoms with Crippen LogP contribution in [-0.2, 0) is 4.79 Å². The molecule has 5 heteroatoms. The largest absolute Gasteiger partial charge is 0.353 e. The van der Waals surface area contributed by atoms with Crippen molar-refractivity contribution in [2.24, 2.45) is 4.99 Å². The van der Waals surface area contributed by atoms with Crippen LogP contribution in [0.4, 0.5) is 0 Å². The molecule has 0 saturated heterocycles. The Morgan fingerprint density at radius 3 is 3.00 bits per heavy atom. The van der Waals surface area contributed by atoms with Crippen LogP contribution in [0.1, 0.15) is 26.2 Å². The molecular formula is C10H17N3OS. The molecule has 1 unspecified atom stereocenters. The summed E-state index contributed by atoms with van der Waals surface area (Å²) in [7, 11) is 0. The molecule has 15 heavy (non-hydrogen) atoms. The number of nitrogens with one attached hydrogen (secondary N) is 2. The Hall–Kier alpha value is -0.710. The molecule has 0 aromatic rings. The summed E-state index contributed by atoms with van der Waals surface area (Å²) in [5.74, 6) is 1.19. The van der Waals surface area contributed by atoms with Gasteiger partial charge in [0.05, 0.1) is 0 Å². The average Bonchev–Trinajstić information content (AvgIpc) is 3.03. The smallest absolute Gasteiger partial charge is 0.242 e. The molecule has 1 atom stereocenters. The predicted molar refractivity (Wildman–Crippen MR) is 63.1 cm³/mol. The highest BCUT2D eigenvalue weighted by atomic mass is 32.2. The van der Waals surface area contributed by atoms with E-state index in [1.165, 1.54) is 0 Å². The highest BCUT2D eigenvalue weighted by molar-refractivity contribution is 8.13. The van der Waals surface area contributed by atoms with E-state index in [1.54, 1.807) is 11.8 Å². The van der Waals surface area contributed by atoms with Crippen LogP contribution in [-0.4, -0.2) is 35.5 Å². The molecule has 1 aliphatic carbocycles. The molecule has 4 nitrogen and oxygen atoms in total. The van der Waals surface area contributed by atoms with Crippen molar-refractivity contribution in [1.29, 1.82) is 0 Å². The van der Waals surface area contributed by atoms with Crippen LogP contribution in [0, 0.1) is 0 Å². The van der Waals surface area contributed by atoms with Gasteiger partial charge in [0.2, 0.25) is 5.91 Å². The van der Waals surface area contributed by atoms with Gasteiger partial charge in [-0.05, 0) is 26.2 Å². The second-order valence-corrected chi connectivity index (χ2v) is 5.12. The molecular weight excluding hydrogens is 210 g/mol. The quantitative estimate of drug-likeness (QED) is 0.747.